The van der Waals surface area contributed by atoms with E-state index in [1.165, 1.54) is 49.8 Å². The van der Waals surface area contributed by atoms with E-state index < -0.39 is 0 Å². The van der Waals surface area contributed by atoms with Crippen LogP contribution >= 0.6 is 0 Å². The molecule has 20 heavy (non-hydrogen) atoms. The van der Waals surface area contributed by atoms with Crippen LogP contribution in [0.2, 0.25) is 0 Å². The van der Waals surface area contributed by atoms with Gasteiger partial charge >= 0.3 is 0 Å². The summed E-state index contributed by atoms with van der Waals surface area (Å²) in [5, 5.41) is 0. The number of nitrogens with zero attached hydrogens (tertiary/aromatic N) is 1. The first-order valence-corrected chi connectivity index (χ1v) is 7.96. The summed E-state index contributed by atoms with van der Waals surface area (Å²) in [7, 11) is 1.75. The van der Waals surface area contributed by atoms with E-state index in [-0.39, 0.29) is 0 Å². The van der Waals surface area contributed by atoms with E-state index in [9.17, 15) is 0 Å². The predicted octanol–water partition coefficient (Wildman–Crippen LogP) is 2.89. The number of benzene rings is 1. The number of fused-ring (bicyclic) bond motifs is 1. The van der Waals surface area contributed by atoms with Crippen LogP contribution in [0.5, 0.6) is 5.75 Å². The lowest BCUT2D eigenvalue weighted by Gasteiger charge is -2.40. The molecule has 3 nitrogen and oxygen atoms in total. The third kappa shape index (κ3) is 2.57. The molecule has 1 saturated heterocycles. The number of ether oxygens (including phenoxy) is 1. The second-order valence-corrected chi connectivity index (χ2v) is 6.08. The molecule has 1 heterocycles. The number of aryl methyl sites for hydroxylation is 1. The quantitative estimate of drug-likeness (QED) is 0.917. The maximum Gasteiger partial charge on any atom is 0.119 e. The van der Waals surface area contributed by atoms with Gasteiger partial charge in [0.15, 0.2) is 0 Å². The summed E-state index contributed by atoms with van der Waals surface area (Å²) in [4.78, 5) is 2.72. The Kier molecular flexibility index (Phi) is 4.27. The Morgan fingerprint density at radius 1 is 1.30 bits per heavy atom. The van der Waals surface area contributed by atoms with Crippen molar-refractivity contribution in [3.63, 3.8) is 0 Å². The van der Waals surface area contributed by atoms with Gasteiger partial charge in [0.2, 0.25) is 0 Å². The molecule has 0 radical (unpaired) electrons. The standard InChI is InChI=1S/C17H26N2O/c1-20-15-7-5-13-6-8-17(16(13)12-15)19-11-3-2-4-14(19)9-10-18/h5,7,12,14,17H,2-4,6,8-11,18H2,1H3. The van der Waals surface area contributed by atoms with Crippen molar-refractivity contribution in [2.24, 2.45) is 5.73 Å². The lowest BCUT2D eigenvalue weighted by atomic mass is 9.95. The molecule has 1 aromatic carbocycles. The normalized spacial score (nSPS) is 26.5. The van der Waals surface area contributed by atoms with Crippen LogP contribution in [0.4, 0.5) is 0 Å². The number of methoxy groups -OCH3 is 1. The minimum Gasteiger partial charge on any atom is -0.497 e. The second-order valence-electron chi connectivity index (χ2n) is 6.08. The number of nitrogens with two attached hydrogens (primary N) is 1. The molecule has 2 atom stereocenters. The van der Waals surface area contributed by atoms with Crippen LogP contribution in [-0.2, 0) is 6.42 Å². The highest BCUT2D eigenvalue weighted by atomic mass is 16.5. The Labute approximate surface area is 122 Å². The number of likely N-dealkylation sites (tertiary alicyclic amines) is 1. The largest absolute Gasteiger partial charge is 0.497 e. The highest BCUT2D eigenvalue weighted by Crippen LogP contribution is 2.40. The van der Waals surface area contributed by atoms with Crippen molar-refractivity contribution in [3.05, 3.63) is 29.3 Å². The molecule has 1 aliphatic carbocycles. The van der Waals surface area contributed by atoms with Gasteiger partial charge < -0.3 is 10.5 Å². The predicted molar refractivity (Wildman–Crippen MR) is 82.1 cm³/mol. The highest BCUT2D eigenvalue weighted by Gasteiger charge is 2.33. The van der Waals surface area contributed by atoms with Gasteiger partial charge in [-0.1, -0.05) is 12.5 Å². The summed E-state index contributed by atoms with van der Waals surface area (Å²) in [6.07, 6.45) is 7.60. The van der Waals surface area contributed by atoms with E-state index in [2.05, 4.69) is 23.1 Å². The number of piperidine rings is 1. The zero-order valence-electron chi connectivity index (χ0n) is 12.5. The smallest absolute Gasteiger partial charge is 0.119 e. The van der Waals surface area contributed by atoms with Crippen molar-refractivity contribution in [3.8, 4) is 5.75 Å². The Hall–Kier alpha value is -1.06. The van der Waals surface area contributed by atoms with Gasteiger partial charge in [-0.15, -0.1) is 0 Å². The Bertz CT molecular complexity index is 458. The van der Waals surface area contributed by atoms with Gasteiger partial charge in [0.1, 0.15) is 5.75 Å². The molecule has 3 heteroatoms. The van der Waals surface area contributed by atoms with Gasteiger partial charge in [0.25, 0.3) is 0 Å². The first-order valence-electron chi connectivity index (χ1n) is 7.96. The molecule has 0 aromatic heterocycles. The minimum atomic E-state index is 0.581. The first kappa shape index (κ1) is 13.9. The van der Waals surface area contributed by atoms with Crippen molar-refractivity contribution >= 4 is 0 Å². The average Bonchev–Trinajstić information content (AvgIpc) is 2.91. The number of rotatable bonds is 4. The summed E-state index contributed by atoms with van der Waals surface area (Å²) in [6.45, 7) is 2.03. The fourth-order valence-corrected chi connectivity index (χ4v) is 3.97. The van der Waals surface area contributed by atoms with Crippen LogP contribution < -0.4 is 10.5 Å². The van der Waals surface area contributed by atoms with Crippen LogP contribution in [0, 0.1) is 0 Å². The minimum absolute atomic E-state index is 0.581. The Morgan fingerprint density at radius 2 is 2.20 bits per heavy atom. The number of hydrogen-bond acceptors (Lipinski definition) is 3. The summed E-state index contributed by atoms with van der Waals surface area (Å²) >= 11 is 0. The van der Waals surface area contributed by atoms with Crippen molar-refractivity contribution in [1.82, 2.24) is 4.90 Å². The SMILES string of the molecule is COc1ccc2c(c1)C(N1CCCCC1CCN)CC2. The van der Waals surface area contributed by atoms with E-state index in [4.69, 9.17) is 10.5 Å². The van der Waals surface area contributed by atoms with Gasteiger partial charge in [-0.05, 0) is 68.5 Å². The fraction of sp³-hybridized carbons (Fsp3) is 0.647. The van der Waals surface area contributed by atoms with Crippen LogP contribution in [0.1, 0.15) is 49.3 Å². The second kappa shape index (κ2) is 6.15. The highest BCUT2D eigenvalue weighted by molar-refractivity contribution is 5.41. The molecule has 1 fully saturated rings. The van der Waals surface area contributed by atoms with Crippen LogP contribution in [0.3, 0.4) is 0 Å². The van der Waals surface area contributed by atoms with E-state index in [0.717, 1.165) is 18.7 Å². The third-order valence-corrected chi connectivity index (χ3v) is 4.97. The van der Waals surface area contributed by atoms with E-state index in [0.29, 0.717) is 12.1 Å². The molecular weight excluding hydrogens is 248 g/mol. The van der Waals surface area contributed by atoms with Crippen LogP contribution in [0.25, 0.3) is 0 Å². The Morgan fingerprint density at radius 3 is 3.00 bits per heavy atom. The Balaban J connectivity index is 1.84. The molecular formula is C17H26N2O. The maximum atomic E-state index is 5.81. The van der Waals surface area contributed by atoms with Gasteiger partial charge in [-0.2, -0.15) is 0 Å². The summed E-state index contributed by atoms with van der Waals surface area (Å²) < 4.78 is 5.41. The monoisotopic (exact) mass is 274 g/mol. The van der Waals surface area contributed by atoms with Gasteiger partial charge in [0, 0.05) is 12.1 Å². The van der Waals surface area contributed by atoms with Gasteiger partial charge in [-0.25, -0.2) is 0 Å². The van der Waals surface area contributed by atoms with E-state index >= 15 is 0 Å². The van der Waals surface area contributed by atoms with Crippen LogP contribution in [-0.4, -0.2) is 31.1 Å². The van der Waals surface area contributed by atoms with Crippen LogP contribution in [0.15, 0.2) is 18.2 Å². The molecule has 110 valence electrons. The molecule has 1 aliphatic heterocycles. The van der Waals surface area contributed by atoms with Crippen molar-refractivity contribution < 1.29 is 4.74 Å². The summed E-state index contributed by atoms with van der Waals surface area (Å²) in [5.74, 6) is 0.989. The molecule has 2 aliphatic rings. The van der Waals surface area contributed by atoms with Crippen molar-refractivity contribution in [2.75, 3.05) is 20.2 Å². The van der Waals surface area contributed by atoms with Crippen molar-refractivity contribution in [2.45, 2.75) is 50.6 Å². The topological polar surface area (TPSA) is 38.5 Å². The van der Waals surface area contributed by atoms with Gasteiger partial charge in [0.05, 0.1) is 7.11 Å². The van der Waals surface area contributed by atoms with Gasteiger partial charge in [-0.3, -0.25) is 4.90 Å². The maximum absolute atomic E-state index is 5.81. The molecule has 0 saturated carbocycles. The lowest BCUT2D eigenvalue weighted by Crippen LogP contribution is -2.42. The third-order valence-electron chi connectivity index (χ3n) is 4.97. The molecule has 2 unspecified atom stereocenters. The zero-order valence-corrected chi connectivity index (χ0v) is 12.5. The molecule has 0 bridgehead atoms. The number of hydrogen-bond donors (Lipinski definition) is 1. The molecule has 3 rings (SSSR count). The summed E-state index contributed by atoms with van der Waals surface area (Å²) in [6, 6.07) is 7.85. The molecule has 0 amide bonds. The molecule has 1 aromatic rings. The fourth-order valence-electron chi connectivity index (χ4n) is 3.97. The molecule has 2 N–H and O–H groups in total. The average molecular weight is 274 g/mol. The summed E-state index contributed by atoms with van der Waals surface area (Å²) in [5.41, 5.74) is 8.81. The van der Waals surface area contributed by atoms with E-state index in [1.54, 1.807) is 7.11 Å². The lowest BCUT2D eigenvalue weighted by molar-refractivity contribution is 0.0899. The first-order chi connectivity index (χ1) is 9.83. The zero-order chi connectivity index (χ0) is 13.9. The van der Waals surface area contributed by atoms with E-state index in [1.807, 2.05) is 0 Å². The molecule has 0 spiro atoms. The van der Waals surface area contributed by atoms with Crippen molar-refractivity contribution in [1.29, 1.82) is 0 Å².